The summed E-state index contributed by atoms with van der Waals surface area (Å²) < 4.78 is 11.3. The van der Waals surface area contributed by atoms with Crippen molar-refractivity contribution in [1.82, 2.24) is 4.90 Å². The lowest BCUT2D eigenvalue weighted by atomic mass is 10.0. The van der Waals surface area contributed by atoms with E-state index in [4.69, 9.17) is 9.47 Å². The third kappa shape index (κ3) is 5.15. The Hall–Kier alpha value is -3.54. The molecular formula is C25H28N2O4. The molecular weight excluding hydrogens is 392 g/mol. The van der Waals surface area contributed by atoms with E-state index in [0.29, 0.717) is 22.6 Å². The number of rotatable bonds is 9. The van der Waals surface area contributed by atoms with Gasteiger partial charge in [0.25, 0.3) is 11.8 Å². The standard InChI is InChI=1S/C25H28N2O4/c1-6-15-27-24(28)22(18-7-11-20(12-8-18)30-16(2)3)23(25(27)29)26-19-9-13-21(14-10-19)31-17(4)5/h6-14,16-17,26H,1,15H2,2-5H3. The second-order valence-corrected chi connectivity index (χ2v) is 7.77. The van der Waals surface area contributed by atoms with Gasteiger partial charge in [-0.25, -0.2) is 0 Å². The summed E-state index contributed by atoms with van der Waals surface area (Å²) in [6, 6.07) is 14.4. The van der Waals surface area contributed by atoms with Gasteiger partial charge in [-0.1, -0.05) is 18.2 Å². The number of ether oxygens (including phenoxy) is 2. The van der Waals surface area contributed by atoms with E-state index in [-0.39, 0.29) is 36.3 Å². The van der Waals surface area contributed by atoms with Crippen molar-refractivity contribution in [3.8, 4) is 11.5 Å². The largest absolute Gasteiger partial charge is 0.491 e. The number of hydrogen-bond acceptors (Lipinski definition) is 5. The molecule has 0 aliphatic carbocycles. The molecule has 162 valence electrons. The van der Waals surface area contributed by atoms with Crippen LogP contribution >= 0.6 is 0 Å². The highest BCUT2D eigenvalue weighted by Crippen LogP contribution is 2.32. The van der Waals surface area contributed by atoms with Gasteiger partial charge >= 0.3 is 0 Å². The van der Waals surface area contributed by atoms with E-state index >= 15 is 0 Å². The summed E-state index contributed by atoms with van der Waals surface area (Å²) in [5.41, 5.74) is 1.89. The molecule has 2 aromatic rings. The van der Waals surface area contributed by atoms with Gasteiger partial charge in [-0.2, -0.15) is 0 Å². The molecule has 0 saturated heterocycles. The first-order valence-corrected chi connectivity index (χ1v) is 10.3. The first-order chi connectivity index (χ1) is 14.8. The van der Waals surface area contributed by atoms with Gasteiger partial charge < -0.3 is 14.8 Å². The summed E-state index contributed by atoms with van der Waals surface area (Å²) >= 11 is 0. The van der Waals surface area contributed by atoms with Crippen LogP contribution in [0.1, 0.15) is 33.3 Å². The molecule has 31 heavy (non-hydrogen) atoms. The molecule has 0 bridgehead atoms. The molecule has 6 nitrogen and oxygen atoms in total. The Labute approximate surface area is 183 Å². The predicted molar refractivity (Wildman–Crippen MR) is 122 cm³/mol. The molecule has 1 N–H and O–H groups in total. The Morgan fingerprint density at radius 3 is 1.87 bits per heavy atom. The Balaban J connectivity index is 1.95. The molecule has 0 atom stereocenters. The first-order valence-electron chi connectivity index (χ1n) is 10.3. The highest BCUT2D eigenvalue weighted by molar-refractivity contribution is 6.36. The van der Waals surface area contributed by atoms with Crippen molar-refractivity contribution < 1.29 is 19.1 Å². The lowest BCUT2D eigenvalue weighted by molar-refractivity contribution is -0.136. The fraction of sp³-hybridized carbons (Fsp3) is 0.280. The van der Waals surface area contributed by atoms with Crippen LogP contribution < -0.4 is 14.8 Å². The van der Waals surface area contributed by atoms with Gasteiger partial charge in [-0.05, 0) is 69.7 Å². The molecule has 3 rings (SSSR count). The van der Waals surface area contributed by atoms with Crippen LogP contribution in [0.5, 0.6) is 11.5 Å². The Kier molecular flexibility index (Phi) is 6.80. The minimum absolute atomic E-state index is 0.0442. The Morgan fingerprint density at radius 1 is 0.871 bits per heavy atom. The minimum Gasteiger partial charge on any atom is -0.491 e. The molecule has 6 heteroatoms. The highest BCUT2D eigenvalue weighted by atomic mass is 16.5. The summed E-state index contributed by atoms with van der Waals surface area (Å²) in [4.78, 5) is 27.2. The van der Waals surface area contributed by atoms with E-state index in [1.54, 1.807) is 24.3 Å². The monoisotopic (exact) mass is 420 g/mol. The molecule has 0 fully saturated rings. The number of amides is 2. The second kappa shape index (κ2) is 9.51. The third-order valence-corrected chi connectivity index (χ3v) is 4.49. The van der Waals surface area contributed by atoms with Crippen molar-refractivity contribution in [2.45, 2.75) is 39.9 Å². The van der Waals surface area contributed by atoms with Crippen LogP contribution in [0.25, 0.3) is 5.57 Å². The van der Waals surface area contributed by atoms with Crippen LogP contribution in [0, 0.1) is 0 Å². The smallest absolute Gasteiger partial charge is 0.278 e. The molecule has 0 unspecified atom stereocenters. The van der Waals surface area contributed by atoms with Crippen LogP contribution in [0.2, 0.25) is 0 Å². The fourth-order valence-electron chi connectivity index (χ4n) is 3.26. The molecule has 1 aliphatic heterocycles. The van der Waals surface area contributed by atoms with Gasteiger partial charge in [-0.3, -0.25) is 14.5 Å². The zero-order chi connectivity index (χ0) is 22.5. The van der Waals surface area contributed by atoms with Crippen molar-refractivity contribution in [2.75, 3.05) is 11.9 Å². The van der Waals surface area contributed by atoms with Gasteiger partial charge in [0.1, 0.15) is 17.2 Å². The first kappa shape index (κ1) is 22.2. The molecule has 0 radical (unpaired) electrons. The summed E-state index contributed by atoms with van der Waals surface area (Å²) in [7, 11) is 0. The molecule has 1 heterocycles. The van der Waals surface area contributed by atoms with Gasteiger partial charge in [0.15, 0.2) is 0 Å². The molecule has 2 amide bonds. The van der Waals surface area contributed by atoms with E-state index in [1.807, 2.05) is 52.0 Å². The maximum Gasteiger partial charge on any atom is 0.278 e. The lowest BCUT2D eigenvalue weighted by Gasteiger charge is -2.13. The average Bonchev–Trinajstić information content (AvgIpc) is 2.94. The number of carbonyl (C=O) groups is 2. The topological polar surface area (TPSA) is 67.9 Å². The minimum atomic E-state index is -0.384. The van der Waals surface area contributed by atoms with E-state index < -0.39 is 0 Å². The van der Waals surface area contributed by atoms with Crippen LogP contribution in [0.15, 0.2) is 66.9 Å². The van der Waals surface area contributed by atoms with Crippen molar-refractivity contribution >= 4 is 23.1 Å². The summed E-state index contributed by atoms with van der Waals surface area (Å²) in [6.45, 7) is 11.6. The number of benzene rings is 2. The SMILES string of the molecule is C=CCN1C(=O)C(Nc2ccc(OC(C)C)cc2)=C(c2ccc(OC(C)C)cc2)C1=O. The zero-order valence-electron chi connectivity index (χ0n) is 18.3. The summed E-state index contributed by atoms with van der Waals surface area (Å²) in [5.74, 6) is 0.696. The van der Waals surface area contributed by atoms with Crippen molar-refractivity contribution in [2.24, 2.45) is 0 Å². The molecule has 0 spiro atoms. The quantitative estimate of drug-likeness (QED) is 0.473. The van der Waals surface area contributed by atoms with Crippen LogP contribution in [-0.4, -0.2) is 35.5 Å². The van der Waals surface area contributed by atoms with Crippen LogP contribution in [-0.2, 0) is 9.59 Å². The third-order valence-electron chi connectivity index (χ3n) is 4.49. The zero-order valence-corrected chi connectivity index (χ0v) is 18.3. The van der Waals surface area contributed by atoms with E-state index in [2.05, 4.69) is 11.9 Å². The Morgan fingerprint density at radius 2 is 1.39 bits per heavy atom. The maximum atomic E-state index is 13.1. The number of anilines is 1. The van der Waals surface area contributed by atoms with Crippen molar-refractivity contribution in [1.29, 1.82) is 0 Å². The van der Waals surface area contributed by atoms with E-state index in [1.165, 1.54) is 11.0 Å². The predicted octanol–water partition coefficient (Wildman–Crippen LogP) is 4.64. The second-order valence-electron chi connectivity index (χ2n) is 7.77. The molecule has 2 aromatic carbocycles. The van der Waals surface area contributed by atoms with Crippen LogP contribution in [0.3, 0.4) is 0 Å². The summed E-state index contributed by atoms with van der Waals surface area (Å²) in [5, 5.41) is 3.13. The van der Waals surface area contributed by atoms with Gasteiger partial charge in [0.05, 0.1) is 17.8 Å². The molecule has 0 aromatic heterocycles. The lowest BCUT2D eigenvalue weighted by Crippen LogP contribution is -2.32. The fourth-order valence-corrected chi connectivity index (χ4v) is 3.26. The number of carbonyl (C=O) groups excluding carboxylic acids is 2. The maximum absolute atomic E-state index is 13.1. The highest BCUT2D eigenvalue weighted by Gasteiger charge is 2.38. The van der Waals surface area contributed by atoms with Gasteiger partial charge in [0, 0.05) is 12.2 Å². The number of hydrogen-bond donors (Lipinski definition) is 1. The molecule has 0 saturated carbocycles. The number of imide groups is 1. The average molecular weight is 421 g/mol. The van der Waals surface area contributed by atoms with E-state index in [9.17, 15) is 9.59 Å². The Bertz CT molecular complexity index is 989. The van der Waals surface area contributed by atoms with Gasteiger partial charge in [0.2, 0.25) is 0 Å². The van der Waals surface area contributed by atoms with Crippen molar-refractivity contribution in [3.05, 3.63) is 72.4 Å². The normalized spacial score (nSPS) is 13.9. The summed E-state index contributed by atoms with van der Waals surface area (Å²) in [6.07, 6.45) is 1.65. The van der Waals surface area contributed by atoms with Crippen LogP contribution in [0.4, 0.5) is 5.69 Å². The van der Waals surface area contributed by atoms with Crippen molar-refractivity contribution in [3.63, 3.8) is 0 Å². The molecule has 1 aliphatic rings. The number of nitrogens with zero attached hydrogens (tertiary/aromatic N) is 1. The van der Waals surface area contributed by atoms with E-state index in [0.717, 1.165) is 5.75 Å². The van der Waals surface area contributed by atoms with Gasteiger partial charge in [-0.15, -0.1) is 6.58 Å². The number of nitrogens with one attached hydrogen (secondary N) is 1.